The van der Waals surface area contributed by atoms with Gasteiger partial charge in [0.05, 0.1) is 10.0 Å². The molecule has 0 amide bonds. The molecular formula is C15H8Cl2O2. The van der Waals surface area contributed by atoms with Gasteiger partial charge in [-0.2, -0.15) is 0 Å². The molecule has 0 fully saturated rings. The van der Waals surface area contributed by atoms with Crippen LogP contribution in [-0.4, -0.2) is 6.29 Å². The molecular weight excluding hydrogens is 283 g/mol. The van der Waals surface area contributed by atoms with Gasteiger partial charge in [-0.3, -0.25) is 4.79 Å². The van der Waals surface area contributed by atoms with Crippen LogP contribution in [0, 0.1) is 0 Å². The lowest BCUT2D eigenvalue weighted by Gasteiger charge is -1.99. The second kappa shape index (κ2) is 4.72. The molecule has 0 saturated carbocycles. The van der Waals surface area contributed by atoms with Crippen LogP contribution in [0.25, 0.3) is 22.3 Å². The first-order valence-corrected chi connectivity index (χ1v) is 6.38. The number of para-hydroxylation sites is 1. The third-order valence-corrected chi connectivity index (χ3v) is 3.53. The van der Waals surface area contributed by atoms with Crippen molar-refractivity contribution in [3.05, 3.63) is 58.1 Å². The Morgan fingerprint density at radius 2 is 1.84 bits per heavy atom. The number of halogens is 2. The van der Waals surface area contributed by atoms with Gasteiger partial charge in [0.1, 0.15) is 5.76 Å². The predicted molar refractivity (Wildman–Crippen MR) is 77.1 cm³/mol. The molecule has 1 heterocycles. The Morgan fingerprint density at radius 3 is 2.53 bits per heavy atom. The number of hydrogen-bond acceptors (Lipinski definition) is 2. The molecule has 94 valence electrons. The van der Waals surface area contributed by atoms with Crippen LogP contribution in [0.15, 0.2) is 46.9 Å². The van der Waals surface area contributed by atoms with Crippen molar-refractivity contribution in [3.63, 3.8) is 0 Å². The summed E-state index contributed by atoms with van der Waals surface area (Å²) in [5.74, 6) is 0.669. The highest BCUT2D eigenvalue weighted by Crippen LogP contribution is 2.33. The highest BCUT2D eigenvalue weighted by molar-refractivity contribution is 6.35. The number of fused-ring (bicyclic) bond motifs is 1. The van der Waals surface area contributed by atoms with E-state index in [9.17, 15) is 4.79 Å². The summed E-state index contributed by atoms with van der Waals surface area (Å²) in [5, 5.41) is 1.90. The van der Waals surface area contributed by atoms with Gasteiger partial charge in [-0.15, -0.1) is 0 Å². The highest BCUT2D eigenvalue weighted by Gasteiger charge is 2.10. The molecule has 0 spiro atoms. The molecule has 0 radical (unpaired) electrons. The standard InChI is InChI=1S/C15H8Cl2O2/c16-12-3-1-2-10-7-14(19-15(10)12)9-4-5-11(8-18)13(17)6-9/h1-8H. The molecule has 1 aromatic heterocycles. The van der Waals surface area contributed by atoms with E-state index in [0.29, 0.717) is 27.0 Å². The van der Waals surface area contributed by atoms with E-state index in [4.69, 9.17) is 27.6 Å². The van der Waals surface area contributed by atoms with Gasteiger partial charge in [0.2, 0.25) is 0 Å². The second-order valence-corrected chi connectivity index (χ2v) is 4.94. The van der Waals surface area contributed by atoms with E-state index < -0.39 is 0 Å². The number of rotatable bonds is 2. The first kappa shape index (κ1) is 12.3. The van der Waals surface area contributed by atoms with Gasteiger partial charge in [-0.1, -0.05) is 41.4 Å². The van der Waals surface area contributed by atoms with Crippen molar-refractivity contribution in [1.82, 2.24) is 0 Å². The molecule has 0 aliphatic heterocycles. The third kappa shape index (κ3) is 2.14. The van der Waals surface area contributed by atoms with Crippen LogP contribution in [0.2, 0.25) is 10.0 Å². The topological polar surface area (TPSA) is 30.2 Å². The maximum Gasteiger partial charge on any atom is 0.153 e. The molecule has 0 aliphatic rings. The van der Waals surface area contributed by atoms with Crippen molar-refractivity contribution in [3.8, 4) is 11.3 Å². The minimum atomic E-state index is 0.402. The second-order valence-electron chi connectivity index (χ2n) is 4.12. The summed E-state index contributed by atoms with van der Waals surface area (Å²) in [6, 6.07) is 12.6. The lowest BCUT2D eigenvalue weighted by atomic mass is 10.1. The SMILES string of the molecule is O=Cc1ccc(-c2cc3cccc(Cl)c3o2)cc1Cl. The van der Waals surface area contributed by atoms with Gasteiger partial charge in [0.15, 0.2) is 11.9 Å². The van der Waals surface area contributed by atoms with Gasteiger partial charge in [0.25, 0.3) is 0 Å². The fourth-order valence-electron chi connectivity index (χ4n) is 1.95. The van der Waals surface area contributed by atoms with Crippen molar-refractivity contribution in [1.29, 1.82) is 0 Å². The fourth-order valence-corrected chi connectivity index (χ4v) is 2.39. The van der Waals surface area contributed by atoms with E-state index in [1.54, 1.807) is 24.3 Å². The summed E-state index contributed by atoms with van der Waals surface area (Å²) in [7, 11) is 0. The van der Waals surface area contributed by atoms with Crippen LogP contribution in [-0.2, 0) is 0 Å². The van der Waals surface area contributed by atoms with Gasteiger partial charge in [0, 0.05) is 16.5 Å². The molecule has 0 saturated heterocycles. The van der Waals surface area contributed by atoms with Crippen molar-refractivity contribution in [2.24, 2.45) is 0 Å². The fraction of sp³-hybridized carbons (Fsp3) is 0. The summed E-state index contributed by atoms with van der Waals surface area (Å²) in [6.45, 7) is 0. The van der Waals surface area contributed by atoms with Gasteiger partial charge >= 0.3 is 0 Å². The molecule has 3 aromatic rings. The third-order valence-electron chi connectivity index (χ3n) is 2.91. The van der Waals surface area contributed by atoms with Crippen LogP contribution in [0.3, 0.4) is 0 Å². The monoisotopic (exact) mass is 290 g/mol. The van der Waals surface area contributed by atoms with E-state index in [2.05, 4.69) is 0 Å². The lowest BCUT2D eigenvalue weighted by Crippen LogP contribution is -1.82. The van der Waals surface area contributed by atoms with Gasteiger partial charge in [-0.05, 0) is 24.3 Å². The van der Waals surface area contributed by atoms with Crippen molar-refractivity contribution < 1.29 is 9.21 Å². The molecule has 0 N–H and O–H groups in total. The maximum atomic E-state index is 10.7. The molecule has 0 atom stereocenters. The van der Waals surface area contributed by atoms with E-state index in [-0.39, 0.29) is 0 Å². The van der Waals surface area contributed by atoms with E-state index in [0.717, 1.165) is 17.2 Å². The van der Waals surface area contributed by atoms with Crippen LogP contribution in [0.4, 0.5) is 0 Å². The van der Waals surface area contributed by atoms with Crippen molar-refractivity contribution in [2.45, 2.75) is 0 Å². The quantitative estimate of drug-likeness (QED) is 0.606. The molecule has 4 heteroatoms. The molecule has 2 nitrogen and oxygen atoms in total. The zero-order valence-electron chi connectivity index (χ0n) is 9.69. The Labute approximate surface area is 119 Å². The Kier molecular flexibility index (Phi) is 3.05. The first-order chi connectivity index (χ1) is 9.19. The minimum absolute atomic E-state index is 0.402. The van der Waals surface area contributed by atoms with Gasteiger partial charge in [-0.25, -0.2) is 0 Å². The average Bonchev–Trinajstić information content (AvgIpc) is 2.84. The lowest BCUT2D eigenvalue weighted by molar-refractivity contribution is 0.112. The molecule has 19 heavy (non-hydrogen) atoms. The van der Waals surface area contributed by atoms with E-state index >= 15 is 0 Å². The summed E-state index contributed by atoms with van der Waals surface area (Å²) >= 11 is 12.1. The number of furan rings is 1. The van der Waals surface area contributed by atoms with E-state index in [1.165, 1.54) is 0 Å². The average molecular weight is 291 g/mol. The van der Waals surface area contributed by atoms with Crippen molar-refractivity contribution >= 4 is 40.5 Å². The normalized spacial score (nSPS) is 10.8. The molecule has 3 rings (SSSR count). The number of hydrogen-bond donors (Lipinski definition) is 0. The first-order valence-electron chi connectivity index (χ1n) is 5.62. The number of carbonyl (C=O) groups excluding carboxylic acids is 1. The Bertz CT molecular complexity index is 775. The summed E-state index contributed by atoms with van der Waals surface area (Å²) in [4.78, 5) is 10.7. The van der Waals surface area contributed by atoms with Crippen LogP contribution in [0.5, 0.6) is 0 Å². The van der Waals surface area contributed by atoms with Gasteiger partial charge < -0.3 is 4.42 Å². The highest BCUT2D eigenvalue weighted by atomic mass is 35.5. The number of carbonyl (C=O) groups is 1. The van der Waals surface area contributed by atoms with E-state index in [1.807, 2.05) is 18.2 Å². The zero-order chi connectivity index (χ0) is 13.4. The minimum Gasteiger partial charge on any atom is -0.455 e. The molecule has 0 unspecified atom stereocenters. The zero-order valence-corrected chi connectivity index (χ0v) is 11.2. The Hall–Kier alpha value is -1.77. The number of benzene rings is 2. The predicted octanol–water partition coefficient (Wildman–Crippen LogP) is 5.22. The largest absolute Gasteiger partial charge is 0.455 e. The van der Waals surface area contributed by atoms with Crippen LogP contribution in [0.1, 0.15) is 10.4 Å². The van der Waals surface area contributed by atoms with Crippen LogP contribution < -0.4 is 0 Å². The summed E-state index contributed by atoms with van der Waals surface area (Å²) in [6.07, 6.45) is 0.724. The molecule has 2 aromatic carbocycles. The van der Waals surface area contributed by atoms with Crippen LogP contribution >= 0.6 is 23.2 Å². The molecule has 0 aliphatic carbocycles. The summed E-state index contributed by atoms with van der Waals surface area (Å²) < 4.78 is 5.73. The Morgan fingerprint density at radius 1 is 1.00 bits per heavy atom. The maximum absolute atomic E-state index is 10.7. The smallest absolute Gasteiger partial charge is 0.153 e. The van der Waals surface area contributed by atoms with Crippen molar-refractivity contribution in [2.75, 3.05) is 0 Å². The Balaban J connectivity index is 2.16. The number of aldehydes is 1. The summed E-state index contributed by atoms with van der Waals surface area (Å²) in [5.41, 5.74) is 1.91. The molecule has 0 bridgehead atoms.